The topological polar surface area (TPSA) is 51.0 Å². The van der Waals surface area contributed by atoms with Crippen molar-refractivity contribution in [2.75, 3.05) is 0 Å². The zero-order valence-corrected chi connectivity index (χ0v) is 18.5. The summed E-state index contributed by atoms with van der Waals surface area (Å²) in [5, 5.41) is 0. The number of rotatable bonds is 5. The number of imidazole rings is 1. The molecule has 5 rings (SSSR count). The van der Waals surface area contributed by atoms with Crippen LogP contribution in [-0.2, 0) is 11.3 Å². The number of fused-ring (bicyclic) bond motifs is 1. The molecule has 0 N–H and O–H groups in total. The Bertz CT molecular complexity index is 1060. The Morgan fingerprint density at radius 1 is 0.875 bits per heavy atom. The Morgan fingerprint density at radius 3 is 2.19 bits per heavy atom. The Balaban J connectivity index is 1.51. The molecule has 1 amide bonds. The number of para-hydroxylation sites is 2. The number of carbonyl (C=O) groups excluding carboxylic acids is 1. The van der Waals surface area contributed by atoms with Crippen LogP contribution in [0.25, 0.3) is 22.6 Å². The van der Waals surface area contributed by atoms with E-state index in [0.29, 0.717) is 23.6 Å². The lowest BCUT2D eigenvalue weighted by Crippen LogP contribution is -2.50. The number of nitrogens with zero attached hydrogens (tertiary/aromatic N) is 4. The quantitative estimate of drug-likeness (QED) is 0.482. The molecule has 3 aromatic rings. The van der Waals surface area contributed by atoms with Gasteiger partial charge < -0.3 is 9.47 Å². The lowest BCUT2D eigenvalue weighted by molar-refractivity contribution is -0.138. The number of hydrogen-bond donors (Lipinski definition) is 0. The summed E-state index contributed by atoms with van der Waals surface area (Å²) < 4.78 is 15.8. The first kappa shape index (κ1) is 21.1. The van der Waals surface area contributed by atoms with Gasteiger partial charge in [0, 0.05) is 12.1 Å². The third-order valence-corrected chi connectivity index (χ3v) is 7.12. The summed E-state index contributed by atoms with van der Waals surface area (Å²) in [7, 11) is 0. The van der Waals surface area contributed by atoms with Crippen LogP contribution in [0.2, 0.25) is 0 Å². The molecule has 2 aromatic heterocycles. The minimum atomic E-state index is -0.543. The fourth-order valence-electron chi connectivity index (χ4n) is 5.60. The van der Waals surface area contributed by atoms with Crippen molar-refractivity contribution >= 4 is 16.9 Å². The SMILES string of the molecule is O=C(Cn1c(-c2cccc(F)n2)nc2ccccc21)N(C1CCCCC1)C1CCCCC1. The van der Waals surface area contributed by atoms with Gasteiger partial charge >= 0.3 is 0 Å². The molecule has 0 spiro atoms. The van der Waals surface area contributed by atoms with Crippen molar-refractivity contribution in [3.63, 3.8) is 0 Å². The minimum absolute atomic E-state index is 0.157. The highest BCUT2D eigenvalue weighted by Crippen LogP contribution is 2.31. The lowest BCUT2D eigenvalue weighted by atomic mass is 9.88. The van der Waals surface area contributed by atoms with E-state index >= 15 is 0 Å². The predicted molar refractivity (Wildman–Crippen MR) is 124 cm³/mol. The minimum Gasteiger partial charge on any atom is -0.335 e. The maximum Gasteiger partial charge on any atom is 0.243 e. The molecule has 0 saturated heterocycles. The first-order valence-corrected chi connectivity index (χ1v) is 12.1. The van der Waals surface area contributed by atoms with Crippen molar-refractivity contribution in [2.24, 2.45) is 0 Å². The normalized spacial score (nSPS) is 18.2. The van der Waals surface area contributed by atoms with Crippen molar-refractivity contribution < 1.29 is 9.18 Å². The van der Waals surface area contributed by atoms with Crippen LogP contribution in [0.3, 0.4) is 0 Å². The highest BCUT2D eigenvalue weighted by Gasteiger charge is 2.33. The molecule has 0 aliphatic heterocycles. The lowest BCUT2D eigenvalue weighted by Gasteiger charge is -2.42. The van der Waals surface area contributed by atoms with E-state index in [9.17, 15) is 9.18 Å². The van der Waals surface area contributed by atoms with Crippen LogP contribution < -0.4 is 0 Å². The van der Waals surface area contributed by atoms with Gasteiger partial charge in [-0.25, -0.2) is 9.97 Å². The first-order chi connectivity index (χ1) is 15.7. The average molecular weight is 435 g/mol. The van der Waals surface area contributed by atoms with Crippen LogP contribution in [0.15, 0.2) is 42.5 Å². The van der Waals surface area contributed by atoms with Crippen molar-refractivity contribution in [3.05, 3.63) is 48.4 Å². The molecule has 6 heteroatoms. The highest BCUT2D eigenvalue weighted by molar-refractivity contribution is 5.84. The predicted octanol–water partition coefficient (Wildman–Crippen LogP) is 5.73. The number of amides is 1. The molecule has 168 valence electrons. The second kappa shape index (κ2) is 9.39. The highest BCUT2D eigenvalue weighted by atomic mass is 19.1. The van der Waals surface area contributed by atoms with E-state index in [1.807, 2.05) is 28.8 Å². The number of pyridine rings is 1. The van der Waals surface area contributed by atoms with Gasteiger partial charge in [0.05, 0.1) is 11.0 Å². The Labute approximate surface area is 188 Å². The third kappa shape index (κ3) is 4.27. The van der Waals surface area contributed by atoms with Gasteiger partial charge in [0.25, 0.3) is 0 Å². The summed E-state index contributed by atoms with van der Waals surface area (Å²) in [6.45, 7) is 0.209. The Kier molecular flexibility index (Phi) is 6.19. The van der Waals surface area contributed by atoms with E-state index in [0.717, 1.165) is 36.7 Å². The average Bonchev–Trinajstić information content (AvgIpc) is 3.19. The second-order valence-electron chi connectivity index (χ2n) is 9.24. The van der Waals surface area contributed by atoms with Gasteiger partial charge in [-0.05, 0) is 49.9 Å². The zero-order chi connectivity index (χ0) is 21.9. The summed E-state index contributed by atoms with van der Waals surface area (Å²) in [4.78, 5) is 24.9. The molecule has 0 unspecified atom stereocenters. The molecule has 32 heavy (non-hydrogen) atoms. The summed E-state index contributed by atoms with van der Waals surface area (Å²) in [5.41, 5.74) is 2.13. The van der Waals surface area contributed by atoms with E-state index in [4.69, 9.17) is 4.98 Å². The summed E-state index contributed by atoms with van der Waals surface area (Å²) in [6.07, 6.45) is 11.8. The summed E-state index contributed by atoms with van der Waals surface area (Å²) in [6, 6.07) is 13.2. The monoisotopic (exact) mass is 434 g/mol. The Morgan fingerprint density at radius 2 is 1.53 bits per heavy atom. The fraction of sp³-hybridized carbons (Fsp3) is 0.500. The molecule has 0 bridgehead atoms. The van der Waals surface area contributed by atoms with E-state index in [1.165, 1.54) is 44.6 Å². The van der Waals surface area contributed by atoms with Crippen molar-refractivity contribution in [2.45, 2.75) is 82.8 Å². The van der Waals surface area contributed by atoms with Gasteiger partial charge in [-0.3, -0.25) is 4.79 Å². The van der Waals surface area contributed by atoms with Crippen LogP contribution in [0, 0.1) is 5.95 Å². The van der Waals surface area contributed by atoms with Crippen LogP contribution in [0.4, 0.5) is 4.39 Å². The number of benzene rings is 1. The molecular weight excluding hydrogens is 403 g/mol. The first-order valence-electron chi connectivity index (χ1n) is 12.1. The van der Waals surface area contributed by atoms with E-state index in [2.05, 4.69) is 9.88 Å². The molecule has 5 nitrogen and oxygen atoms in total. The molecule has 2 saturated carbocycles. The second-order valence-corrected chi connectivity index (χ2v) is 9.24. The molecule has 2 aliphatic rings. The number of halogens is 1. The standard InChI is InChI=1S/C26H31FN4O/c27-24-17-9-15-22(28-24)26-29-21-14-7-8-16-23(21)30(26)18-25(32)31(19-10-3-1-4-11-19)20-12-5-2-6-13-20/h7-9,14-17,19-20H,1-6,10-13,18H2. The van der Waals surface area contributed by atoms with Gasteiger partial charge in [0.2, 0.25) is 11.9 Å². The number of carbonyl (C=O) groups is 1. The Hall–Kier alpha value is -2.76. The van der Waals surface area contributed by atoms with Gasteiger partial charge in [-0.2, -0.15) is 4.39 Å². The van der Waals surface area contributed by atoms with Crippen LogP contribution >= 0.6 is 0 Å². The fourth-order valence-corrected chi connectivity index (χ4v) is 5.60. The largest absolute Gasteiger partial charge is 0.335 e. The molecule has 2 heterocycles. The molecule has 1 aromatic carbocycles. The van der Waals surface area contributed by atoms with Crippen molar-refractivity contribution in [3.8, 4) is 11.5 Å². The van der Waals surface area contributed by atoms with Crippen molar-refractivity contribution in [1.82, 2.24) is 19.4 Å². The molecule has 2 fully saturated rings. The van der Waals surface area contributed by atoms with Gasteiger partial charge in [0.15, 0.2) is 5.82 Å². The van der Waals surface area contributed by atoms with Gasteiger partial charge in [-0.1, -0.05) is 56.7 Å². The smallest absolute Gasteiger partial charge is 0.243 e. The van der Waals surface area contributed by atoms with E-state index in [1.54, 1.807) is 12.1 Å². The van der Waals surface area contributed by atoms with Crippen LogP contribution in [0.1, 0.15) is 64.2 Å². The van der Waals surface area contributed by atoms with Crippen LogP contribution in [-0.4, -0.2) is 37.4 Å². The maximum absolute atomic E-state index is 13.9. The third-order valence-electron chi connectivity index (χ3n) is 7.12. The number of aromatic nitrogens is 3. The molecule has 0 radical (unpaired) electrons. The summed E-state index contributed by atoms with van der Waals surface area (Å²) >= 11 is 0. The maximum atomic E-state index is 13.9. The molecule has 0 atom stereocenters. The van der Waals surface area contributed by atoms with Crippen molar-refractivity contribution in [1.29, 1.82) is 0 Å². The van der Waals surface area contributed by atoms with Gasteiger partial charge in [-0.15, -0.1) is 0 Å². The van der Waals surface area contributed by atoms with E-state index < -0.39 is 5.95 Å². The molecular formula is C26H31FN4O. The van der Waals surface area contributed by atoms with E-state index in [-0.39, 0.29) is 12.5 Å². The van der Waals surface area contributed by atoms with Crippen LogP contribution in [0.5, 0.6) is 0 Å². The summed E-state index contributed by atoms with van der Waals surface area (Å²) in [5.74, 6) is 0.161. The molecule has 2 aliphatic carbocycles. The van der Waals surface area contributed by atoms with Gasteiger partial charge in [0.1, 0.15) is 12.2 Å². The zero-order valence-electron chi connectivity index (χ0n) is 18.5. The number of hydrogen-bond acceptors (Lipinski definition) is 3.